The molecule has 0 aromatic heterocycles. The molecule has 0 aromatic carbocycles. The molecule has 0 saturated carbocycles. The van der Waals surface area contributed by atoms with Crippen molar-refractivity contribution in [3.63, 3.8) is 0 Å². The minimum absolute atomic E-state index is 0.103. The van der Waals surface area contributed by atoms with Gasteiger partial charge in [-0.25, -0.2) is 9.13 Å². The highest BCUT2D eigenvalue weighted by atomic mass is 31.2. The molecule has 0 aliphatic rings. The minimum Gasteiger partial charge on any atom is -0.462 e. The third-order valence-corrected chi connectivity index (χ3v) is 21.1. The Bertz CT molecular complexity index is 1960. The zero-order chi connectivity index (χ0) is 73.8. The number of aliphatic hydroxyl groups excluding tert-OH is 1. The molecule has 19 heteroatoms. The number of esters is 4. The largest absolute Gasteiger partial charge is 0.472 e. The Balaban J connectivity index is 5.13. The van der Waals surface area contributed by atoms with Crippen molar-refractivity contribution in [3.8, 4) is 0 Å². The number of rotatable bonds is 78. The average molecular weight is 1470 g/mol. The topological polar surface area (TPSA) is 237 Å². The first-order chi connectivity index (χ1) is 48.1. The van der Waals surface area contributed by atoms with Gasteiger partial charge in [0.2, 0.25) is 0 Å². The molecule has 0 fully saturated rings. The van der Waals surface area contributed by atoms with Crippen molar-refractivity contribution < 1.29 is 80.2 Å². The number of phosphoric ester groups is 2. The molecule has 0 bridgehead atoms. The van der Waals surface area contributed by atoms with Crippen LogP contribution in [-0.2, 0) is 65.4 Å². The van der Waals surface area contributed by atoms with Crippen LogP contribution in [0.15, 0.2) is 0 Å². The Kier molecular flexibility index (Phi) is 68.7. The van der Waals surface area contributed by atoms with Gasteiger partial charge in [-0.1, -0.05) is 364 Å². The molecule has 0 aromatic rings. The number of carbonyl (C=O) groups excluding carboxylic acids is 4. The molecule has 0 aliphatic carbocycles. The quantitative estimate of drug-likeness (QED) is 0.0222. The van der Waals surface area contributed by atoms with Crippen molar-refractivity contribution in [2.45, 2.75) is 433 Å². The fourth-order valence-corrected chi connectivity index (χ4v) is 14.0. The van der Waals surface area contributed by atoms with Crippen molar-refractivity contribution in [2.24, 2.45) is 23.7 Å². The molecular formula is C81H158O17P2. The third-order valence-electron chi connectivity index (χ3n) is 19.2. The maximum atomic E-state index is 13.1. The summed E-state index contributed by atoms with van der Waals surface area (Å²) in [5.74, 6) is 0.959. The predicted molar refractivity (Wildman–Crippen MR) is 409 cm³/mol. The lowest BCUT2D eigenvalue weighted by Crippen LogP contribution is -2.30. The van der Waals surface area contributed by atoms with Gasteiger partial charge in [-0.05, 0) is 49.4 Å². The number of aliphatic hydroxyl groups is 1. The number of hydrogen-bond donors (Lipinski definition) is 3. The highest BCUT2D eigenvalue weighted by Crippen LogP contribution is 2.45. The molecule has 0 radical (unpaired) electrons. The molecule has 17 nitrogen and oxygen atoms in total. The van der Waals surface area contributed by atoms with Gasteiger partial charge < -0.3 is 33.8 Å². The lowest BCUT2D eigenvalue weighted by molar-refractivity contribution is -0.161. The van der Waals surface area contributed by atoms with Crippen molar-refractivity contribution >= 4 is 39.5 Å². The second-order valence-electron chi connectivity index (χ2n) is 30.8. The van der Waals surface area contributed by atoms with Gasteiger partial charge >= 0.3 is 39.5 Å². The van der Waals surface area contributed by atoms with Crippen molar-refractivity contribution in [3.05, 3.63) is 0 Å². The van der Waals surface area contributed by atoms with Crippen LogP contribution >= 0.6 is 15.6 Å². The van der Waals surface area contributed by atoms with Crippen LogP contribution in [0.5, 0.6) is 0 Å². The van der Waals surface area contributed by atoms with Crippen LogP contribution in [0.3, 0.4) is 0 Å². The van der Waals surface area contributed by atoms with Crippen LogP contribution in [0, 0.1) is 23.7 Å². The average Bonchev–Trinajstić information content (AvgIpc) is 0.960. The van der Waals surface area contributed by atoms with E-state index in [9.17, 15) is 43.2 Å². The fraction of sp³-hybridized carbons (Fsp3) is 0.951. The summed E-state index contributed by atoms with van der Waals surface area (Å²) in [6, 6.07) is 0. The maximum absolute atomic E-state index is 13.1. The van der Waals surface area contributed by atoms with Crippen molar-refractivity contribution in [2.75, 3.05) is 39.6 Å². The smallest absolute Gasteiger partial charge is 0.462 e. The van der Waals surface area contributed by atoms with E-state index in [1.807, 2.05) is 0 Å². The molecule has 594 valence electrons. The Morgan fingerprint density at radius 3 is 0.710 bits per heavy atom. The van der Waals surface area contributed by atoms with Crippen molar-refractivity contribution in [1.29, 1.82) is 0 Å². The number of ether oxygens (including phenoxy) is 4. The van der Waals surface area contributed by atoms with Crippen molar-refractivity contribution in [1.82, 2.24) is 0 Å². The summed E-state index contributed by atoms with van der Waals surface area (Å²) in [7, 11) is -9.92. The molecule has 0 heterocycles. The van der Waals surface area contributed by atoms with Gasteiger partial charge in [0.1, 0.15) is 19.3 Å². The van der Waals surface area contributed by atoms with E-state index in [1.165, 1.54) is 212 Å². The molecule has 0 aliphatic heterocycles. The number of hydrogen-bond acceptors (Lipinski definition) is 15. The highest BCUT2D eigenvalue weighted by Gasteiger charge is 2.30. The minimum atomic E-state index is -4.96. The first-order valence-electron chi connectivity index (χ1n) is 41.7. The van der Waals surface area contributed by atoms with Gasteiger partial charge in [0.25, 0.3) is 0 Å². The molecule has 3 N–H and O–H groups in total. The predicted octanol–water partition coefficient (Wildman–Crippen LogP) is 24.0. The first-order valence-corrected chi connectivity index (χ1v) is 44.7. The fourth-order valence-electron chi connectivity index (χ4n) is 12.4. The van der Waals surface area contributed by atoms with Gasteiger partial charge in [0.05, 0.1) is 26.4 Å². The van der Waals surface area contributed by atoms with Gasteiger partial charge in [-0.3, -0.25) is 37.3 Å². The first kappa shape index (κ1) is 98.1. The van der Waals surface area contributed by atoms with E-state index in [4.69, 9.17) is 37.0 Å². The van der Waals surface area contributed by atoms with E-state index >= 15 is 0 Å². The molecule has 4 unspecified atom stereocenters. The normalized spacial score (nSPS) is 14.3. The van der Waals surface area contributed by atoms with E-state index in [0.29, 0.717) is 37.5 Å². The standard InChI is InChI=1S/C81H158O17P2/c1-9-74(8)60-52-44-36-28-24-20-16-12-10-11-13-17-22-26-30-38-47-55-63-80(85)97-76(68-92-79(84)62-54-46-39-31-34-42-50-58-72(4)5)69-95-99(87,88)93-65-75(82)66-94-100(89,90)96-70-77(98-81(86)64-56-48-40-32-35-43-51-59-73(6)7)67-91-78(83)61-53-45-37-29-25-21-18-14-15-19-23-27-33-41-49-57-71(2)3/h71-77,82H,9-70H2,1-8H3,(H,87,88)(H,89,90)/t74?,75?,76-,77-/m1/s1. The summed E-state index contributed by atoms with van der Waals surface area (Å²) in [6.45, 7) is 14.2. The summed E-state index contributed by atoms with van der Waals surface area (Å²) in [5.41, 5.74) is 0. The number of phosphoric acid groups is 2. The number of carbonyl (C=O) groups is 4. The van der Waals surface area contributed by atoms with Crippen LogP contribution in [0.2, 0.25) is 0 Å². The van der Waals surface area contributed by atoms with Gasteiger partial charge in [0.15, 0.2) is 12.2 Å². The summed E-state index contributed by atoms with van der Waals surface area (Å²) in [4.78, 5) is 72.9. The SMILES string of the molecule is CCC(C)CCCCCCCCCCCCCCCCCCCCC(=O)O[C@H](COC(=O)CCCCCCCCCC(C)C)COP(=O)(O)OCC(O)COP(=O)(O)OC[C@@H](COC(=O)CCCCCCCCCCCCCCCCCC(C)C)OC(=O)CCCCCCCCCC(C)C. The van der Waals surface area contributed by atoms with E-state index in [1.54, 1.807) is 0 Å². The molecule has 0 saturated heterocycles. The zero-order valence-electron chi connectivity index (χ0n) is 65.8. The maximum Gasteiger partial charge on any atom is 0.472 e. The lowest BCUT2D eigenvalue weighted by Gasteiger charge is -2.21. The zero-order valence-corrected chi connectivity index (χ0v) is 67.6. The highest BCUT2D eigenvalue weighted by molar-refractivity contribution is 7.47. The Labute approximate surface area is 613 Å². The van der Waals surface area contributed by atoms with Crippen LogP contribution in [0.4, 0.5) is 0 Å². The molecule has 0 amide bonds. The molecule has 100 heavy (non-hydrogen) atoms. The van der Waals surface area contributed by atoms with Crippen LogP contribution < -0.4 is 0 Å². The van der Waals surface area contributed by atoms with E-state index in [2.05, 4.69) is 55.4 Å². The summed E-state index contributed by atoms with van der Waals surface area (Å²) < 4.78 is 68.6. The Morgan fingerprint density at radius 2 is 0.480 bits per heavy atom. The Hall–Kier alpha value is -1.94. The molecule has 0 spiro atoms. The van der Waals surface area contributed by atoms with Crippen LogP contribution in [-0.4, -0.2) is 96.7 Å². The second-order valence-corrected chi connectivity index (χ2v) is 33.7. The number of unbranched alkanes of at least 4 members (excludes halogenated alkanes) is 43. The summed E-state index contributed by atoms with van der Waals surface area (Å²) in [6.07, 6.45) is 57.2. The van der Waals surface area contributed by atoms with Gasteiger partial charge in [0, 0.05) is 25.7 Å². The third kappa shape index (κ3) is 73.0. The molecule has 6 atom stereocenters. The molecule has 0 rings (SSSR count). The van der Waals surface area contributed by atoms with Crippen LogP contribution in [0.25, 0.3) is 0 Å². The summed E-state index contributed by atoms with van der Waals surface area (Å²) >= 11 is 0. The second kappa shape index (κ2) is 70.1. The molecular weight excluding hydrogens is 1310 g/mol. The Morgan fingerprint density at radius 1 is 0.280 bits per heavy atom. The monoisotopic (exact) mass is 1470 g/mol. The lowest BCUT2D eigenvalue weighted by atomic mass is 9.99. The summed E-state index contributed by atoms with van der Waals surface area (Å²) in [5, 5.41) is 10.6. The van der Waals surface area contributed by atoms with Gasteiger partial charge in [-0.2, -0.15) is 0 Å². The van der Waals surface area contributed by atoms with E-state index in [-0.39, 0.29) is 25.7 Å². The van der Waals surface area contributed by atoms with Gasteiger partial charge in [-0.15, -0.1) is 0 Å². The van der Waals surface area contributed by atoms with E-state index in [0.717, 1.165) is 108 Å². The van der Waals surface area contributed by atoms with E-state index < -0.39 is 97.5 Å². The van der Waals surface area contributed by atoms with Crippen LogP contribution in [0.1, 0.15) is 415 Å².